The third-order valence-corrected chi connectivity index (χ3v) is 4.36. The minimum Gasteiger partial charge on any atom is -0.497 e. The molecule has 1 heterocycles. The number of aromatic amines is 1. The molecule has 1 amide bonds. The summed E-state index contributed by atoms with van der Waals surface area (Å²) in [4.78, 5) is 39.5. The molecule has 0 unspecified atom stereocenters. The first-order valence-corrected chi connectivity index (χ1v) is 8.77. The highest BCUT2D eigenvalue weighted by atomic mass is 16.5. The SMILES string of the molecule is COc1ccc(NC(=O)CCCn2c(=O)[nH]c3ccccc3c2=O)c(OC)c1. The Balaban J connectivity index is 1.66. The van der Waals surface area contributed by atoms with Crippen LogP contribution in [0, 0.1) is 0 Å². The molecule has 0 aliphatic heterocycles. The lowest BCUT2D eigenvalue weighted by Crippen LogP contribution is -2.35. The van der Waals surface area contributed by atoms with Gasteiger partial charge in [0.1, 0.15) is 11.5 Å². The summed E-state index contributed by atoms with van der Waals surface area (Å²) in [6.07, 6.45) is 0.486. The number of carbonyl (C=O) groups is 1. The Bertz CT molecular complexity index is 1120. The molecule has 8 nitrogen and oxygen atoms in total. The van der Waals surface area contributed by atoms with Gasteiger partial charge in [0.05, 0.1) is 30.8 Å². The summed E-state index contributed by atoms with van der Waals surface area (Å²) in [7, 11) is 3.05. The number of methoxy groups -OCH3 is 2. The van der Waals surface area contributed by atoms with Crippen LogP contribution in [0.1, 0.15) is 12.8 Å². The number of hydrogen-bond acceptors (Lipinski definition) is 5. The van der Waals surface area contributed by atoms with Crippen LogP contribution in [0.5, 0.6) is 11.5 Å². The molecule has 0 fully saturated rings. The van der Waals surface area contributed by atoms with Crippen LogP contribution in [0.25, 0.3) is 10.9 Å². The maximum absolute atomic E-state index is 12.5. The van der Waals surface area contributed by atoms with E-state index in [9.17, 15) is 14.4 Å². The van der Waals surface area contributed by atoms with Gasteiger partial charge < -0.3 is 19.8 Å². The van der Waals surface area contributed by atoms with Crippen molar-refractivity contribution in [2.45, 2.75) is 19.4 Å². The van der Waals surface area contributed by atoms with E-state index >= 15 is 0 Å². The van der Waals surface area contributed by atoms with Crippen LogP contribution in [-0.2, 0) is 11.3 Å². The van der Waals surface area contributed by atoms with Crippen molar-refractivity contribution in [2.24, 2.45) is 0 Å². The molecule has 0 saturated carbocycles. The average molecular weight is 383 g/mol. The number of benzene rings is 2. The zero-order valence-electron chi connectivity index (χ0n) is 15.7. The van der Waals surface area contributed by atoms with Gasteiger partial charge in [-0.2, -0.15) is 0 Å². The predicted octanol–water partition coefficient (Wildman–Crippen LogP) is 2.13. The lowest BCUT2D eigenvalue weighted by molar-refractivity contribution is -0.116. The molecule has 0 aliphatic rings. The number of para-hydroxylation sites is 1. The highest BCUT2D eigenvalue weighted by Gasteiger charge is 2.11. The van der Waals surface area contributed by atoms with Crippen LogP contribution < -0.4 is 26.0 Å². The summed E-state index contributed by atoms with van der Waals surface area (Å²) in [6.45, 7) is 0.145. The van der Waals surface area contributed by atoms with E-state index in [2.05, 4.69) is 10.3 Å². The van der Waals surface area contributed by atoms with Crippen LogP contribution in [0.2, 0.25) is 0 Å². The van der Waals surface area contributed by atoms with Crippen molar-refractivity contribution in [1.82, 2.24) is 9.55 Å². The Morgan fingerprint density at radius 3 is 2.64 bits per heavy atom. The van der Waals surface area contributed by atoms with Gasteiger partial charge in [-0.1, -0.05) is 12.1 Å². The fourth-order valence-electron chi connectivity index (χ4n) is 2.91. The summed E-state index contributed by atoms with van der Waals surface area (Å²) in [6, 6.07) is 11.9. The van der Waals surface area contributed by atoms with E-state index in [1.165, 1.54) is 7.11 Å². The molecule has 0 atom stereocenters. The highest BCUT2D eigenvalue weighted by molar-refractivity contribution is 5.92. The average Bonchev–Trinajstić information content (AvgIpc) is 2.70. The van der Waals surface area contributed by atoms with Crippen LogP contribution >= 0.6 is 0 Å². The van der Waals surface area contributed by atoms with Crippen LogP contribution in [-0.4, -0.2) is 29.7 Å². The second-order valence-electron chi connectivity index (χ2n) is 6.15. The van der Waals surface area contributed by atoms with Gasteiger partial charge in [0.15, 0.2) is 0 Å². The number of carbonyl (C=O) groups excluding carboxylic acids is 1. The van der Waals surface area contributed by atoms with Crippen molar-refractivity contribution >= 4 is 22.5 Å². The van der Waals surface area contributed by atoms with E-state index in [0.717, 1.165) is 4.57 Å². The Hall–Kier alpha value is -3.55. The first kappa shape index (κ1) is 19.2. The zero-order valence-corrected chi connectivity index (χ0v) is 15.7. The molecule has 146 valence electrons. The van der Waals surface area contributed by atoms with Gasteiger partial charge in [-0.05, 0) is 30.7 Å². The Kier molecular flexibility index (Phi) is 5.78. The summed E-state index contributed by atoms with van der Waals surface area (Å²) >= 11 is 0. The third kappa shape index (κ3) is 4.06. The van der Waals surface area contributed by atoms with E-state index in [1.54, 1.807) is 49.6 Å². The number of anilines is 1. The van der Waals surface area contributed by atoms with Crippen molar-refractivity contribution in [1.29, 1.82) is 0 Å². The first-order chi connectivity index (χ1) is 13.5. The van der Waals surface area contributed by atoms with Gasteiger partial charge in [0, 0.05) is 19.0 Å². The number of nitrogens with one attached hydrogen (secondary N) is 2. The van der Waals surface area contributed by atoms with Gasteiger partial charge in [-0.3, -0.25) is 14.2 Å². The number of aromatic nitrogens is 2. The zero-order chi connectivity index (χ0) is 20.1. The van der Waals surface area contributed by atoms with Gasteiger partial charge >= 0.3 is 5.69 Å². The molecule has 8 heteroatoms. The number of amides is 1. The minimum atomic E-state index is -0.485. The van der Waals surface area contributed by atoms with Gasteiger partial charge in [0.2, 0.25) is 5.91 Å². The number of fused-ring (bicyclic) bond motifs is 1. The predicted molar refractivity (Wildman–Crippen MR) is 106 cm³/mol. The minimum absolute atomic E-state index is 0.145. The normalized spacial score (nSPS) is 10.6. The van der Waals surface area contributed by atoms with Crippen molar-refractivity contribution in [3.8, 4) is 11.5 Å². The molecule has 28 heavy (non-hydrogen) atoms. The van der Waals surface area contributed by atoms with E-state index in [-0.39, 0.29) is 24.4 Å². The van der Waals surface area contributed by atoms with Crippen LogP contribution in [0.15, 0.2) is 52.1 Å². The molecule has 3 rings (SSSR count). The Morgan fingerprint density at radius 1 is 1.11 bits per heavy atom. The molecule has 3 aromatic rings. The van der Waals surface area contributed by atoms with Gasteiger partial charge in [-0.25, -0.2) is 4.79 Å². The summed E-state index contributed by atoms with van der Waals surface area (Å²) in [5, 5.41) is 3.20. The van der Waals surface area contributed by atoms with E-state index in [0.29, 0.717) is 34.5 Å². The second-order valence-corrected chi connectivity index (χ2v) is 6.15. The van der Waals surface area contributed by atoms with Crippen LogP contribution in [0.4, 0.5) is 5.69 Å². The molecular formula is C20H21N3O5. The fourth-order valence-corrected chi connectivity index (χ4v) is 2.91. The lowest BCUT2D eigenvalue weighted by Gasteiger charge is -2.12. The molecule has 0 radical (unpaired) electrons. The third-order valence-electron chi connectivity index (χ3n) is 4.36. The van der Waals surface area contributed by atoms with Crippen molar-refractivity contribution in [3.63, 3.8) is 0 Å². The molecular weight excluding hydrogens is 362 g/mol. The van der Waals surface area contributed by atoms with Crippen LogP contribution in [0.3, 0.4) is 0 Å². The molecule has 0 aliphatic carbocycles. The summed E-state index contributed by atoms with van der Waals surface area (Å²) < 4.78 is 11.5. The number of ether oxygens (including phenoxy) is 2. The van der Waals surface area contributed by atoms with Crippen molar-refractivity contribution < 1.29 is 14.3 Å². The summed E-state index contributed by atoms with van der Waals surface area (Å²) in [5.41, 5.74) is 0.171. The topological polar surface area (TPSA) is 102 Å². The van der Waals surface area contributed by atoms with Crippen molar-refractivity contribution in [3.05, 3.63) is 63.3 Å². The molecule has 0 saturated heterocycles. The monoisotopic (exact) mass is 383 g/mol. The maximum atomic E-state index is 12.5. The first-order valence-electron chi connectivity index (χ1n) is 8.77. The maximum Gasteiger partial charge on any atom is 0.328 e. The number of hydrogen-bond donors (Lipinski definition) is 2. The van der Waals surface area contributed by atoms with Gasteiger partial charge in [-0.15, -0.1) is 0 Å². The number of rotatable bonds is 7. The molecule has 2 aromatic carbocycles. The lowest BCUT2D eigenvalue weighted by atomic mass is 10.2. The fraction of sp³-hybridized carbons (Fsp3) is 0.250. The smallest absolute Gasteiger partial charge is 0.328 e. The van der Waals surface area contributed by atoms with E-state index < -0.39 is 5.69 Å². The van der Waals surface area contributed by atoms with Gasteiger partial charge in [0.25, 0.3) is 5.56 Å². The standard InChI is InChI=1S/C20H21N3O5/c1-27-13-9-10-16(17(12-13)28-2)21-18(24)8-5-11-23-19(25)14-6-3-4-7-15(14)22-20(23)26/h3-4,6-7,9-10,12H,5,8,11H2,1-2H3,(H,21,24)(H,22,26). The molecule has 2 N–H and O–H groups in total. The highest BCUT2D eigenvalue weighted by Crippen LogP contribution is 2.29. The molecule has 0 bridgehead atoms. The largest absolute Gasteiger partial charge is 0.497 e. The summed E-state index contributed by atoms with van der Waals surface area (Å²) in [5.74, 6) is 0.855. The Morgan fingerprint density at radius 2 is 1.89 bits per heavy atom. The second kappa shape index (κ2) is 8.43. The molecule has 0 spiro atoms. The van der Waals surface area contributed by atoms with E-state index in [1.807, 2.05) is 0 Å². The van der Waals surface area contributed by atoms with Crippen molar-refractivity contribution in [2.75, 3.05) is 19.5 Å². The quantitative estimate of drug-likeness (QED) is 0.651. The van der Waals surface area contributed by atoms with E-state index in [4.69, 9.17) is 9.47 Å². The number of H-pyrrole nitrogens is 1. The Labute approximate surface area is 160 Å². The number of nitrogens with zero attached hydrogens (tertiary/aromatic N) is 1. The molecule has 1 aromatic heterocycles.